The molecule has 1 aromatic heterocycles. The second-order valence-corrected chi connectivity index (χ2v) is 8.87. The maximum Gasteiger partial charge on any atom is 0.263 e. The third-order valence-corrected chi connectivity index (χ3v) is 7.32. The van der Waals surface area contributed by atoms with E-state index in [0.717, 1.165) is 42.6 Å². The lowest BCUT2D eigenvalue weighted by Gasteiger charge is -2.43. The molecule has 0 radical (unpaired) electrons. The number of piperidine rings is 2. The highest BCUT2D eigenvalue weighted by Gasteiger charge is 2.36. The van der Waals surface area contributed by atoms with Gasteiger partial charge in [-0.15, -0.1) is 11.3 Å². The molecule has 0 bridgehead atoms. The van der Waals surface area contributed by atoms with Crippen LogP contribution in [0.1, 0.15) is 54.6 Å². The molecule has 0 unspecified atom stereocenters. The molecule has 136 valence electrons. The van der Waals surface area contributed by atoms with Gasteiger partial charge in [0.1, 0.15) is 0 Å². The third-order valence-electron chi connectivity index (χ3n) is 6.47. The molecule has 1 aromatic rings. The number of likely N-dealkylation sites (tertiary alicyclic amines) is 2. The molecule has 2 atom stereocenters. The summed E-state index contributed by atoms with van der Waals surface area (Å²) in [6.07, 6.45) is 8.24. The molecule has 3 fully saturated rings. The highest BCUT2D eigenvalue weighted by atomic mass is 32.1. The van der Waals surface area contributed by atoms with E-state index in [-0.39, 0.29) is 11.8 Å². The van der Waals surface area contributed by atoms with Crippen molar-refractivity contribution in [3.05, 3.63) is 22.4 Å². The van der Waals surface area contributed by atoms with E-state index in [2.05, 4.69) is 4.90 Å². The molecule has 25 heavy (non-hydrogen) atoms. The van der Waals surface area contributed by atoms with Crippen LogP contribution in [0.2, 0.25) is 0 Å². The predicted octanol–water partition coefficient (Wildman–Crippen LogP) is 3.64. The highest BCUT2D eigenvalue weighted by molar-refractivity contribution is 7.12. The van der Waals surface area contributed by atoms with E-state index in [0.29, 0.717) is 19.0 Å². The molecule has 3 heterocycles. The van der Waals surface area contributed by atoms with Crippen molar-refractivity contribution in [2.75, 3.05) is 26.2 Å². The smallest absolute Gasteiger partial charge is 0.263 e. The molecule has 0 N–H and O–H groups in total. The van der Waals surface area contributed by atoms with Crippen molar-refractivity contribution in [2.45, 2.75) is 44.9 Å². The molecule has 1 aliphatic carbocycles. The first-order valence-corrected chi connectivity index (χ1v) is 10.7. The number of rotatable bonds is 2. The summed E-state index contributed by atoms with van der Waals surface area (Å²) in [6.45, 7) is 3.37. The van der Waals surface area contributed by atoms with Gasteiger partial charge < -0.3 is 9.80 Å². The average molecular weight is 361 g/mol. The van der Waals surface area contributed by atoms with Gasteiger partial charge in [0, 0.05) is 32.1 Å². The zero-order valence-electron chi connectivity index (χ0n) is 14.9. The number of thiophene rings is 1. The fourth-order valence-corrected chi connectivity index (χ4v) is 5.64. The number of hydrogen-bond acceptors (Lipinski definition) is 3. The second kappa shape index (κ2) is 7.48. The van der Waals surface area contributed by atoms with Gasteiger partial charge in [0.2, 0.25) is 5.91 Å². The Hall–Kier alpha value is -1.36. The number of nitrogens with zero attached hydrogens (tertiary/aromatic N) is 2. The Labute approximate surface area is 154 Å². The minimum atomic E-state index is 0.118. The lowest BCUT2D eigenvalue weighted by atomic mass is 9.75. The van der Waals surface area contributed by atoms with E-state index in [1.165, 1.54) is 43.4 Å². The Morgan fingerprint density at radius 3 is 2.36 bits per heavy atom. The van der Waals surface area contributed by atoms with Crippen LogP contribution >= 0.6 is 11.3 Å². The molecular formula is C20H28N2O2S. The van der Waals surface area contributed by atoms with Crippen LogP contribution in [0, 0.1) is 17.8 Å². The van der Waals surface area contributed by atoms with Crippen LogP contribution in [0.4, 0.5) is 0 Å². The van der Waals surface area contributed by atoms with Crippen molar-refractivity contribution in [3.8, 4) is 0 Å². The predicted molar refractivity (Wildman–Crippen MR) is 99.6 cm³/mol. The lowest BCUT2D eigenvalue weighted by molar-refractivity contribution is -0.140. The first-order chi connectivity index (χ1) is 12.2. The number of amides is 2. The average Bonchev–Trinajstić information content (AvgIpc) is 3.21. The molecular weight excluding hydrogens is 332 g/mol. The van der Waals surface area contributed by atoms with Crippen LogP contribution in [0.3, 0.4) is 0 Å². The standard InChI is InChI=1S/C20H28N2O2S/c23-19(22-12-7-15-4-1-2-5-17(15)14-22)16-8-10-21(11-9-16)20(24)18-6-3-13-25-18/h3,6,13,15-17H,1-2,4-5,7-12,14H2/t15-,17-/m0/s1. The van der Waals surface area contributed by atoms with Crippen LogP contribution in [0.15, 0.2) is 17.5 Å². The molecule has 4 rings (SSSR count). The van der Waals surface area contributed by atoms with Crippen molar-refractivity contribution < 1.29 is 9.59 Å². The Balaban J connectivity index is 1.30. The molecule has 5 heteroatoms. The van der Waals surface area contributed by atoms with E-state index < -0.39 is 0 Å². The highest BCUT2D eigenvalue weighted by Crippen LogP contribution is 2.37. The van der Waals surface area contributed by atoms with Gasteiger partial charge in [-0.1, -0.05) is 25.3 Å². The van der Waals surface area contributed by atoms with Gasteiger partial charge in [0.25, 0.3) is 5.91 Å². The monoisotopic (exact) mass is 360 g/mol. The van der Waals surface area contributed by atoms with Gasteiger partial charge in [-0.2, -0.15) is 0 Å². The largest absolute Gasteiger partial charge is 0.342 e. The number of fused-ring (bicyclic) bond motifs is 1. The van der Waals surface area contributed by atoms with E-state index in [4.69, 9.17) is 0 Å². The Kier molecular flexibility index (Phi) is 5.11. The van der Waals surface area contributed by atoms with Crippen LogP contribution < -0.4 is 0 Å². The van der Waals surface area contributed by atoms with Crippen molar-refractivity contribution >= 4 is 23.2 Å². The van der Waals surface area contributed by atoms with Gasteiger partial charge in [-0.25, -0.2) is 0 Å². The van der Waals surface area contributed by atoms with Gasteiger partial charge in [0.15, 0.2) is 0 Å². The van der Waals surface area contributed by atoms with Gasteiger partial charge in [-0.3, -0.25) is 9.59 Å². The summed E-state index contributed by atoms with van der Waals surface area (Å²) >= 11 is 1.50. The topological polar surface area (TPSA) is 40.6 Å². The summed E-state index contributed by atoms with van der Waals surface area (Å²) in [5, 5.41) is 1.94. The number of carbonyl (C=O) groups is 2. The van der Waals surface area contributed by atoms with Crippen molar-refractivity contribution in [1.82, 2.24) is 9.80 Å². The lowest BCUT2D eigenvalue weighted by Crippen LogP contribution is -2.49. The summed E-state index contributed by atoms with van der Waals surface area (Å²) in [4.78, 5) is 30.3. The molecule has 2 aliphatic heterocycles. The Bertz CT molecular complexity index is 607. The second-order valence-electron chi connectivity index (χ2n) is 7.92. The summed E-state index contributed by atoms with van der Waals surface area (Å²) in [6, 6.07) is 3.81. The first kappa shape index (κ1) is 17.1. The maximum atomic E-state index is 13.0. The zero-order valence-corrected chi connectivity index (χ0v) is 15.7. The van der Waals surface area contributed by atoms with E-state index in [1.54, 1.807) is 0 Å². The van der Waals surface area contributed by atoms with Gasteiger partial charge in [0.05, 0.1) is 4.88 Å². The fraction of sp³-hybridized carbons (Fsp3) is 0.700. The van der Waals surface area contributed by atoms with E-state index >= 15 is 0 Å². The molecule has 3 aliphatic rings. The van der Waals surface area contributed by atoms with Crippen LogP contribution in [0.25, 0.3) is 0 Å². The van der Waals surface area contributed by atoms with E-state index in [1.807, 2.05) is 22.4 Å². The SMILES string of the molecule is O=C(c1cccs1)N1CCC(C(=O)N2CC[C@@H]3CCCC[C@H]3C2)CC1. The van der Waals surface area contributed by atoms with Crippen LogP contribution in [-0.4, -0.2) is 47.8 Å². The normalized spacial score (nSPS) is 27.8. The summed E-state index contributed by atoms with van der Waals surface area (Å²) < 4.78 is 0. The van der Waals surface area contributed by atoms with Crippen molar-refractivity contribution in [2.24, 2.45) is 17.8 Å². The maximum absolute atomic E-state index is 13.0. The summed E-state index contributed by atoms with van der Waals surface area (Å²) in [5.74, 6) is 2.21. The minimum Gasteiger partial charge on any atom is -0.342 e. The molecule has 2 saturated heterocycles. The van der Waals surface area contributed by atoms with E-state index in [9.17, 15) is 9.59 Å². The summed E-state index contributed by atoms with van der Waals surface area (Å²) in [7, 11) is 0. The van der Waals surface area contributed by atoms with Crippen molar-refractivity contribution in [3.63, 3.8) is 0 Å². The fourth-order valence-electron chi connectivity index (χ4n) is 4.94. The van der Waals surface area contributed by atoms with Crippen molar-refractivity contribution in [1.29, 1.82) is 0 Å². The van der Waals surface area contributed by atoms with Gasteiger partial charge in [-0.05, 0) is 49.0 Å². The molecule has 1 saturated carbocycles. The molecule has 0 spiro atoms. The third kappa shape index (κ3) is 3.62. The quantitative estimate of drug-likeness (QED) is 0.808. The Morgan fingerprint density at radius 1 is 0.920 bits per heavy atom. The number of carbonyl (C=O) groups excluding carboxylic acids is 2. The number of hydrogen-bond donors (Lipinski definition) is 0. The Morgan fingerprint density at radius 2 is 1.64 bits per heavy atom. The van der Waals surface area contributed by atoms with Crippen LogP contribution in [0.5, 0.6) is 0 Å². The molecule has 2 amide bonds. The van der Waals surface area contributed by atoms with Crippen LogP contribution in [-0.2, 0) is 4.79 Å². The summed E-state index contributed by atoms with van der Waals surface area (Å²) in [5.41, 5.74) is 0. The molecule has 4 nitrogen and oxygen atoms in total. The first-order valence-electron chi connectivity index (χ1n) is 9.84. The van der Waals surface area contributed by atoms with Gasteiger partial charge >= 0.3 is 0 Å². The minimum absolute atomic E-state index is 0.118. The molecule has 0 aromatic carbocycles. The zero-order chi connectivity index (χ0) is 17.2.